The van der Waals surface area contributed by atoms with Crippen molar-refractivity contribution in [2.45, 2.75) is 18.9 Å². The predicted molar refractivity (Wildman–Crippen MR) is 164 cm³/mol. The molecule has 3 atom stereocenters. The lowest BCUT2D eigenvalue weighted by Gasteiger charge is -2.46. The molecule has 0 unspecified atom stereocenters. The molecular formula is C34H39FN4O5. The third-order valence-electron chi connectivity index (χ3n) is 9.10. The Bertz CT molecular complexity index is 1470. The number of benzene rings is 3. The summed E-state index contributed by atoms with van der Waals surface area (Å²) in [7, 11) is 2.00. The van der Waals surface area contributed by atoms with Crippen molar-refractivity contribution < 1.29 is 29.0 Å². The highest BCUT2D eigenvalue weighted by Gasteiger charge is 2.48. The molecule has 0 aromatic heterocycles. The number of piperazine rings is 1. The first-order chi connectivity index (χ1) is 21.1. The van der Waals surface area contributed by atoms with Crippen molar-refractivity contribution >= 4 is 17.5 Å². The van der Waals surface area contributed by atoms with Gasteiger partial charge in [-0.2, -0.15) is 0 Å². The van der Waals surface area contributed by atoms with Gasteiger partial charge in [-0.1, -0.05) is 36.4 Å². The maximum absolute atomic E-state index is 15.0. The number of phenolic OH excluding ortho intramolecular Hbond substituents is 2. The van der Waals surface area contributed by atoms with Crippen LogP contribution in [-0.2, 0) is 4.79 Å². The fourth-order valence-electron chi connectivity index (χ4n) is 6.64. The first-order valence-electron chi connectivity index (χ1n) is 14.9. The van der Waals surface area contributed by atoms with Crippen LogP contribution in [0, 0.1) is 24.6 Å². The molecule has 0 radical (unpaired) electrons. The molecule has 0 aliphatic carbocycles. The molecule has 2 heterocycles. The monoisotopic (exact) mass is 602 g/mol. The number of ketones is 2. The minimum atomic E-state index is -0.883. The lowest BCUT2D eigenvalue weighted by Crippen LogP contribution is -2.61. The van der Waals surface area contributed by atoms with Crippen LogP contribution in [0.4, 0.5) is 4.39 Å². The number of halogens is 1. The Balaban J connectivity index is 1.63. The quantitative estimate of drug-likeness (QED) is 0.336. The molecule has 44 heavy (non-hydrogen) atoms. The number of aromatic hydroxyl groups is 2. The van der Waals surface area contributed by atoms with Gasteiger partial charge in [0.05, 0.1) is 0 Å². The summed E-state index contributed by atoms with van der Waals surface area (Å²) in [5.74, 6) is -3.98. The van der Waals surface area contributed by atoms with E-state index in [4.69, 9.17) is 5.73 Å². The van der Waals surface area contributed by atoms with E-state index >= 15 is 4.39 Å². The van der Waals surface area contributed by atoms with E-state index in [0.29, 0.717) is 24.2 Å². The molecule has 0 bridgehead atoms. The van der Waals surface area contributed by atoms with Crippen molar-refractivity contribution in [3.8, 4) is 11.5 Å². The Hall–Kier alpha value is -4.12. The second-order valence-corrected chi connectivity index (χ2v) is 11.9. The van der Waals surface area contributed by atoms with E-state index in [1.165, 1.54) is 30.3 Å². The van der Waals surface area contributed by atoms with E-state index in [1.807, 2.05) is 11.9 Å². The van der Waals surface area contributed by atoms with E-state index in [-0.39, 0.29) is 59.7 Å². The Labute approximate surface area is 256 Å². The van der Waals surface area contributed by atoms with Gasteiger partial charge in [0.1, 0.15) is 23.4 Å². The molecule has 5 rings (SSSR count). The van der Waals surface area contributed by atoms with Gasteiger partial charge in [-0.3, -0.25) is 19.3 Å². The number of phenols is 2. The van der Waals surface area contributed by atoms with Crippen molar-refractivity contribution in [2.75, 3.05) is 52.9 Å². The molecule has 3 aromatic carbocycles. The summed E-state index contributed by atoms with van der Waals surface area (Å²) in [6.07, 6.45) is 0. The fraction of sp³-hybridized carbons (Fsp3) is 0.382. The molecule has 1 amide bonds. The second-order valence-electron chi connectivity index (χ2n) is 11.9. The smallest absolute Gasteiger partial charge is 0.241 e. The molecular weight excluding hydrogens is 563 g/mol. The summed E-state index contributed by atoms with van der Waals surface area (Å²) in [6.45, 7) is 4.34. The Morgan fingerprint density at radius 3 is 1.89 bits per heavy atom. The summed E-state index contributed by atoms with van der Waals surface area (Å²) in [4.78, 5) is 48.3. The van der Waals surface area contributed by atoms with Crippen molar-refractivity contribution in [1.29, 1.82) is 0 Å². The molecule has 2 saturated heterocycles. The zero-order chi connectivity index (χ0) is 31.5. The summed E-state index contributed by atoms with van der Waals surface area (Å²) < 4.78 is 15.0. The largest absolute Gasteiger partial charge is 0.508 e. The number of nitrogens with zero attached hydrogens (tertiary/aromatic N) is 3. The van der Waals surface area contributed by atoms with Crippen molar-refractivity contribution in [3.63, 3.8) is 0 Å². The topological polar surface area (TPSA) is 127 Å². The molecule has 9 nitrogen and oxygen atoms in total. The predicted octanol–water partition coefficient (Wildman–Crippen LogP) is 3.04. The highest BCUT2D eigenvalue weighted by molar-refractivity contribution is 6.02. The number of likely N-dealkylation sites (N-methyl/N-ethyl adjacent to an activating group) is 1. The van der Waals surface area contributed by atoms with Gasteiger partial charge in [0.25, 0.3) is 0 Å². The molecule has 2 aliphatic heterocycles. The highest BCUT2D eigenvalue weighted by atomic mass is 19.1. The number of hydrogen-bond acceptors (Lipinski definition) is 8. The maximum Gasteiger partial charge on any atom is 0.241 e. The molecule has 232 valence electrons. The third-order valence-corrected chi connectivity index (χ3v) is 9.10. The number of hydrogen-bond donors (Lipinski definition) is 3. The molecule has 3 aromatic rings. The van der Waals surface area contributed by atoms with Crippen LogP contribution in [0.2, 0.25) is 0 Å². The highest BCUT2D eigenvalue weighted by Crippen LogP contribution is 2.43. The summed E-state index contributed by atoms with van der Waals surface area (Å²) >= 11 is 0. The number of piperidine rings is 1. The first-order valence-corrected chi connectivity index (χ1v) is 14.9. The average molecular weight is 603 g/mol. The summed E-state index contributed by atoms with van der Waals surface area (Å²) in [5.41, 5.74) is 7.59. The van der Waals surface area contributed by atoms with E-state index < -0.39 is 29.6 Å². The molecule has 4 N–H and O–H groups in total. The average Bonchev–Trinajstić information content (AvgIpc) is 3.02. The van der Waals surface area contributed by atoms with E-state index in [0.717, 1.165) is 13.1 Å². The SMILES string of the molecule is Cc1c(F)cccc1C1[C@@H](C(=O)c2cccc(O)c2)CN([C@H](CN)C(=O)N2CCN(C)CC2)C[C@@H]1C(=O)c1cccc(O)c1. The lowest BCUT2D eigenvalue weighted by atomic mass is 9.67. The van der Waals surface area contributed by atoms with Gasteiger partial charge in [0.2, 0.25) is 5.91 Å². The van der Waals surface area contributed by atoms with Crippen LogP contribution >= 0.6 is 0 Å². The normalized spacial score (nSPS) is 20.8. The van der Waals surface area contributed by atoms with Crippen LogP contribution < -0.4 is 5.73 Å². The fourth-order valence-corrected chi connectivity index (χ4v) is 6.64. The van der Waals surface area contributed by atoms with E-state index in [1.54, 1.807) is 48.2 Å². The van der Waals surface area contributed by atoms with Gasteiger partial charge in [0.15, 0.2) is 11.6 Å². The minimum Gasteiger partial charge on any atom is -0.508 e. The molecule has 2 fully saturated rings. The summed E-state index contributed by atoms with van der Waals surface area (Å²) in [5, 5.41) is 20.4. The van der Waals surface area contributed by atoms with Gasteiger partial charge in [-0.25, -0.2) is 4.39 Å². The van der Waals surface area contributed by atoms with Crippen molar-refractivity contribution in [1.82, 2.24) is 14.7 Å². The number of rotatable bonds is 8. The van der Waals surface area contributed by atoms with Crippen LogP contribution in [0.3, 0.4) is 0 Å². The lowest BCUT2D eigenvalue weighted by molar-refractivity contribution is -0.139. The van der Waals surface area contributed by atoms with Gasteiger partial charge in [-0.15, -0.1) is 0 Å². The number of carbonyl (C=O) groups excluding carboxylic acids is 3. The number of nitrogens with two attached hydrogens (primary N) is 1. The standard InChI is InChI=1S/C34H39FN4O5/c1-21-26(10-5-11-29(21)35)31-27(32(42)22-6-3-8-24(40)16-22)19-39(20-28(31)33(43)23-7-4-9-25(41)17-23)30(18-36)34(44)38-14-12-37(2)13-15-38/h3-11,16-17,27-28,30-31,40-41H,12-15,18-20,36H2,1-2H3/t27-,28-,30+/m0/s1. The Morgan fingerprint density at radius 1 is 0.864 bits per heavy atom. The van der Waals surface area contributed by atoms with E-state index in [2.05, 4.69) is 4.90 Å². The first kappa shape index (κ1) is 31.3. The number of carbonyl (C=O) groups is 3. The van der Waals surface area contributed by atoms with Gasteiger partial charge in [-0.05, 0) is 55.4 Å². The molecule has 0 saturated carbocycles. The van der Waals surface area contributed by atoms with E-state index in [9.17, 15) is 24.6 Å². The van der Waals surface area contributed by atoms with Crippen LogP contribution in [-0.4, -0.2) is 101 Å². The molecule has 0 spiro atoms. The van der Waals surface area contributed by atoms with Crippen molar-refractivity contribution in [3.05, 3.63) is 94.8 Å². The van der Waals surface area contributed by atoms with Crippen molar-refractivity contribution in [2.24, 2.45) is 17.6 Å². The Kier molecular flexibility index (Phi) is 9.43. The maximum atomic E-state index is 15.0. The zero-order valence-electron chi connectivity index (χ0n) is 25.0. The Morgan fingerprint density at radius 2 is 1.39 bits per heavy atom. The van der Waals surface area contributed by atoms with Crippen LogP contribution in [0.5, 0.6) is 11.5 Å². The minimum absolute atomic E-state index is 0.0189. The zero-order valence-corrected chi connectivity index (χ0v) is 25.0. The van der Waals surface area contributed by atoms with Crippen LogP contribution in [0.15, 0.2) is 66.7 Å². The van der Waals surface area contributed by atoms with Gasteiger partial charge in [0, 0.05) is 74.7 Å². The second kappa shape index (κ2) is 13.3. The van der Waals surface area contributed by atoms with Gasteiger partial charge < -0.3 is 25.7 Å². The molecule has 2 aliphatic rings. The number of likely N-dealkylation sites (tertiary alicyclic amines) is 1. The van der Waals surface area contributed by atoms with Crippen LogP contribution in [0.1, 0.15) is 37.8 Å². The third kappa shape index (κ3) is 6.38. The van der Waals surface area contributed by atoms with Crippen LogP contribution in [0.25, 0.3) is 0 Å². The number of amides is 1. The molecule has 10 heteroatoms. The number of Topliss-reactive ketones (excluding diaryl/α,β-unsaturated/α-hetero) is 2. The van der Waals surface area contributed by atoms with Gasteiger partial charge >= 0.3 is 0 Å². The summed E-state index contributed by atoms with van der Waals surface area (Å²) in [6, 6.07) is 15.9.